The first-order valence-corrected chi connectivity index (χ1v) is 4.54. The summed E-state index contributed by atoms with van der Waals surface area (Å²) >= 11 is 1.83. The predicted molar refractivity (Wildman–Crippen MR) is 45.6 cm³/mol. The van der Waals surface area contributed by atoms with Crippen molar-refractivity contribution in [3.63, 3.8) is 0 Å². The molecule has 0 spiro atoms. The molecular formula is C8H13NS. The molecule has 0 aliphatic carbocycles. The second kappa shape index (κ2) is 3.15. The van der Waals surface area contributed by atoms with Crippen molar-refractivity contribution < 1.29 is 0 Å². The van der Waals surface area contributed by atoms with Crippen molar-refractivity contribution in [3.05, 3.63) is 15.6 Å². The first-order valence-electron chi connectivity index (χ1n) is 3.73. The maximum absolute atomic E-state index is 4.47. The van der Waals surface area contributed by atoms with E-state index in [0.29, 0.717) is 0 Å². The number of aromatic nitrogens is 1. The number of thiazole rings is 1. The van der Waals surface area contributed by atoms with E-state index in [1.54, 1.807) is 0 Å². The van der Waals surface area contributed by atoms with Gasteiger partial charge in [-0.1, -0.05) is 13.8 Å². The highest BCUT2D eigenvalue weighted by Gasteiger charge is 2.02. The standard InChI is InChI=1S/C8H13NS/c1-4-7-6(3)10-8(5-2)9-7/h4-5H2,1-3H3. The van der Waals surface area contributed by atoms with Crippen LogP contribution in [0, 0.1) is 6.92 Å². The van der Waals surface area contributed by atoms with Crippen LogP contribution in [0.2, 0.25) is 0 Å². The summed E-state index contributed by atoms with van der Waals surface area (Å²) in [6, 6.07) is 0. The van der Waals surface area contributed by atoms with Crippen molar-refractivity contribution in [1.29, 1.82) is 0 Å². The SMILES string of the molecule is CCc1nc(CC)c(C)s1. The van der Waals surface area contributed by atoms with Gasteiger partial charge >= 0.3 is 0 Å². The van der Waals surface area contributed by atoms with Gasteiger partial charge in [-0.15, -0.1) is 11.3 Å². The number of aryl methyl sites for hydroxylation is 3. The van der Waals surface area contributed by atoms with Gasteiger partial charge in [0.25, 0.3) is 0 Å². The molecule has 10 heavy (non-hydrogen) atoms. The summed E-state index contributed by atoms with van der Waals surface area (Å²) in [5.74, 6) is 0. The molecule has 0 atom stereocenters. The van der Waals surface area contributed by atoms with Crippen LogP contribution < -0.4 is 0 Å². The maximum atomic E-state index is 4.47. The second-order valence-corrected chi connectivity index (χ2v) is 3.61. The Hall–Kier alpha value is -0.370. The molecule has 0 N–H and O–H groups in total. The minimum absolute atomic E-state index is 1.07. The lowest BCUT2D eigenvalue weighted by Gasteiger charge is -1.86. The lowest BCUT2D eigenvalue weighted by Crippen LogP contribution is -1.83. The van der Waals surface area contributed by atoms with Gasteiger partial charge in [0, 0.05) is 4.88 Å². The minimum Gasteiger partial charge on any atom is -0.246 e. The highest BCUT2D eigenvalue weighted by atomic mass is 32.1. The molecule has 2 heteroatoms. The van der Waals surface area contributed by atoms with Crippen LogP contribution in [0.5, 0.6) is 0 Å². The van der Waals surface area contributed by atoms with Gasteiger partial charge < -0.3 is 0 Å². The van der Waals surface area contributed by atoms with Crippen LogP contribution in [0.1, 0.15) is 29.4 Å². The average Bonchev–Trinajstić information content (AvgIpc) is 2.30. The summed E-state index contributed by atoms with van der Waals surface area (Å²) in [4.78, 5) is 5.85. The number of rotatable bonds is 2. The normalized spacial score (nSPS) is 10.3. The fourth-order valence-corrected chi connectivity index (χ4v) is 1.93. The quantitative estimate of drug-likeness (QED) is 0.639. The monoisotopic (exact) mass is 155 g/mol. The molecular weight excluding hydrogens is 142 g/mol. The Morgan fingerprint density at radius 3 is 2.30 bits per heavy atom. The number of hydrogen-bond donors (Lipinski definition) is 0. The highest BCUT2D eigenvalue weighted by molar-refractivity contribution is 7.11. The van der Waals surface area contributed by atoms with Gasteiger partial charge in [0.1, 0.15) is 0 Å². The van der Waals surface area contributed by atoms with E-state index in [0.717, 1.165) is 12.8 Å². The van der Waals surface area contributed by atoms with E-state index < -0.39 is 0 Å². The molecule has 0 aliphatic rings. The summed E-state index contributed by atoms with van der Waals surface area (Å²) in [6.07, 6.45) is 2.15. The molecule has 0 aromatic carbocycles. The average molecular weight is 155 g/mol. The van der Waals surface area contributed by atoms with Gasteiger partial charge in [-0.2, -0.15) is 0 Å². The molecule has 0 amide bonds. The van der Waals surface area contributed by atoms with Crippen LogP contribution >= 0.6 is 11.3 Å². The van der Waals surface area contributed by atoms with Gasteiger partial charge in [0.15, 0.2) is 0 Å². The van der Waals surface area contributed by atoms with E-state index in [1.165, 1.54) is 15.6 Å². The van der Waals surface area contributed by atoms with Crippen LogP contribution in [0.3, 0.4) is 0 Å². The summed E-state index contributed by atoms with van der Waals surface area (Å²) in [5, 5.41) is 1.27. The first kappa shape index (κ1) is 7.73. The Morgan fingerprint density at radius 1 is 1.30 bits per heavy atom. The molecule has 1 aromatic heterocycles. The van der Waals surface area contributed by atoms with Crippen molar-refractivity contribution >= 4 is 11.3 Å². The van der Waals surface area contributed by atoms with Crippen molar-refractivity contribution in [1.82, 2.24) is 4.98 Å². The van der Waals surface area contributed by atoms with E-state index in [4.69, 9.17) is 0 Å². The third-order valence-electron chi connectivity index (χ3n) is 1.57. The van der Waals surface area contributed by atoms with Gasteiger partial charge in [0.2, 0.25) is 0 Å². The van der Waals surface area contributed by atoms with Crippen LogP contribution in [-0.2, 0) is 12.8 Å². The zero-order chi connectivity index (χ0) is 7.56. The molecule has 1 heterocycles. The molecule has 0 fully saturated rings. The summed E-state index contributed by atoms with van der Waals surface area (Å²) in [5.41, 5.74) is 1.28. The molecule has 0 unspecified atom stereocenters. The fourth-order valence-electron chi connectivity index (χ4n) is 0.967. The van der Waals surface area contributed by atoms with Crippen molar-refractivity contribution in [2.75, 3.05) is 0 Å². The number of hydrogen-bond acceptors (Lipinski definition) is 2. The van der Waals surface area contributed by atoms with Gasteiger partial charge in [-0.25, -0.2) is 4.98 Å². The van der Waals surface area contributed by atoms with Crippen LogP contribution in [-0.4, -0.2) is 4.98 Å². The first-order chi connectivity index (χ1) is 4.77. The largest absolute Gasteiger partial charge is 0.246 e. The Morgan fingerprint density at radius 2 is 2.00 bits per heavy atom. The molecule has 1 aromatic rings. The van der Waals surface area contributed by atoms with E-state index in [1.807, 2.05) is 11.3 Å². The molecule has 0 radical (unpaired) electrons. The summed E-state index contributed by atoms with van der Waals surface area (Å²) in [7, 11) is 0. The third-order valence-corrected chi connectivity index (χ3v) is 2.73. The fraction of sp³-hybridized carbons (Fsp3) is 0.625. The maximum Gasteiger partial charge on any atom is 0.0928 e. The smallest absolute Gasteiger partial charge is 0.0928 e. The van der Waals surface area contributed by atoms with E-state index in [2.05, 4.69) is 25.8 Å². The van der Waals surface area contributed by atoms with E-state index >= 15 is 0 Å². The molecule has 0 bridgehead atoms. The van der Waals surface area contributed by atoms with Gasteiger partial charge in [0.05, 0.1) is 10.7 Å². The van der Waals surface area contributed by atoms with Crippen LogP contribution in [0.15, 0.2) is 0 Å². The van der Waals surface area contributed by atoms with E-state index in [-0.39, 0.29) is 0 Å². The molecule has 56 valence electrons. The zero-order valence-electron chi connectivity index (χ0n) is 6.77. The van der Waals surface area contributed by atoms with E-state index in [9.17, 15) is 0 Å². The second-order valence-electron chi connectivity index (χ2n) is 2.32. The summed E-state index contributed by atoms with van der Waals surface area (Å²) in [6.45, 7) is 6.45. The Balaban J connectivity index is 2.92. The summed E-state index contributed by atoms with van der Waals surface area (Å²) < 4.78 is 0. The zero-order valence-corrected chi connectivity index (χ0v) is 7.59. The van der Waals surface area contributed by atoms with Crippen molar-refractivity contribution in [2.45, 2.75) is 33.6 Å². The minimum atomic E-state index is 1.07. The Bertz CT molecular complexity index is 215. The van der Waals surface area contributed by atoms with Crippen LogP contribution in [0.4, 0.5) is 0 Å². The lowest BCUT2D eigenvalue weighted by molar-refractivity contribution is 0.993. The highest BCUT2D eigenvalue weighted by Crippen LogP contribution is 2.17. The number of nitrogens with zero attached hydrogens (tertiary/aromatic N) is 1. The predicted octanol–water partition coefficient (Wildman–Crippen LogP) is 2.58. The topological polar surface area (TPSA) is 12.9 Å². The third kappa shape index (κ3) is 1.37. The Labute approximate surface area is 66.1 Å². The van der Waals surface area contributed by atoms with Gasteiger partial charge in [-0.3, -0.25) is 0 Å². The molecule has 1 rings (SSSR count). The molecule has 1 nitrogen and oxygen atoms in total. The molecule has 0 saturated heterocycles. The molecule has 0 saturated carbocycles. The molecule has 0 aliphatic heterocycles. The Kier molecular flexibility index (Phi) is 2.44. The van der Waals surface area contributed by atoms with Gasteiger partial charge in [-0.05, 0) is 19.8 Å². The lowest BCUT2D eigenvalue weighted by atomic mass is 10.3. The van der Waals surface area contributed by atoms with Crippen molar-refractivity contribution in [2.24, 2.45) is 0 Å². The van der Waals surface area contributed by atoms with Crippen LogP contribution in [0.25, 0.3) is 0 Å². The van der Waals surface area contributed by atoms with Crippen molar-refractivity contribution in [3.8, 4) is 0 Å².